The summed E-state index contributed by atoms with van der Waals surface area (Å²) < 4.78 is 0. The smallest absolute Gasteiger partial charge is 0.00201 e. The zero-order valence-corrected chi connectivity index (χ0v) is 7.92. The topological polar surface area (TPSA) is 0 Å². The summed E-state index contributed by atoms with van der Waals surface area (Å²) in [5, 5.41) is 0. The molecule has 0 amide bonds. The molecule has 1 aliphatic heterocycles. The van der Waals surface area contributed by atoms with Gasteiger partial charge in [0.1, 0.15) is 0 Å². The standard InChI is InChI=1S/C9H16S/c1-7(2)9-8(3)5-4-6-10-9/h7H,4-6H2,1-3H3. The van der Waals surface area contributed by atoms with Crippen molar-refractivity contribution >= 4 is 11.8 Å². The number of hydrogen-bond donors (Lipinski definition) is 0. The first kappa shape index (κ1) is 8.19. The largest absolute Gasteiger partial charge is 0.130 e. The fraction of sp³-hybridized carbons (Fsp3) is 0.778. The van der Waals surface area contributed by atoms with Crippen molar-refractivity contribution in [1.29, 1.82) is 0 Å². The van der Waals surface area contributed by atoms with E-state index in [9.17, 15) is 0 Å². The molecule has 0 bridgehead atoms. The molecule has 0 radical (unpaired) electrons. The number of allylic oxidation sites excluding steroid dienone is 2. The highest BCUT2D eigenvalue weighted by Gasteiger charge is 2.11. The third kappa shape index (κ3) is 1.79. The lowest BCUT2D eigenvalue weighted by atomic mass is 10.1. The predicted octanol–water partition coefficient (Wildman–Crippen LogP) is 3.44. The van der Waals surface area contributed by atoms with Gasteiger partial charge in [0.15, 0.2) is 0 Å². The van der Waals surface area contributed by atoms with E-state index in [0.29, 0.717) is 0 Å². The van der Waals surface area contributed by atoms with Crippen molar-refractivity contribution in [2.45, 2.75) is 33.6 Å². The molecule has 0 aliphatic carbocycles. The van der Waals surface area contributed by atoms with E-state index < -0.39 is 0 Å². The van der Waals surface area contributed by atoms with Crippen molar-refractivity contribution in [2.75, 3.05) is 5.75 Å². The molecule has 58 valence electrons. The molecule has 1 aliphatic rings. The van der Waals surface area contributed by atoms with Crippen LogP contribution in [0.5, 0.6) is 0 Å². The van der Waals surface area contributed by atoms with Crippen molar-refractivity contribution in [3.05, 3.63) is 10.5 Å². The van der Waals surface area contributed by atoms with Crippen LogP contribution in [0.3, 0.4) is 0 Å². The Labute approximate surface area is 68.1 Å². The molecule has 0 atom stereocenters. The van der Waals surface area contributed by atoms with Crippen LogP contribution in [0.4, 0.5) is 0 Å². The molecule has 0 fully saturated rings. The first-order valence-corrected chi connectivity index (χ1v) is 5.03. The normalized spacial score (nSPS) is 20.4. The summed E-state index contributed by atoms with van der Waals surface area (Å²) in [6, 6.07) is 0. The second-order valence-electron chi connectivity index (χ2n) is 3.25. The van der Waals surface area contributed by atoms with Crippen molar-refractivity contribution in [3.8, 4) is 0 Å². The van der Waals surface area contributed by atoms with E-state index in [1.165, 1.54) is 18.6 Å². The number of thioether (sulfide) groups is 1. The molecule has 0 nitrogen and oxygen atoms in total. The Morgan fingerprint density at radius 3 is 2.50 bits per heavy atom. The highest BCUT2D eigenvalue weighted by Crippen LogP contribution is 2.34. The minimum atomic E-state index is 0.755. The van der Waals surface area contributed by atoms with Gasteiger partial charge in [-0.2, -0.15) is 0 Å². The van der Waals surface area contributed by atoms with Gasteiger partial charge < -0.3 is 0 Å². The third-order valence-corrected chi connectivity index (χ3v) is 3.52. The van der Waals surface area contributed by atoms with Gasteiger partial charge in [0.05, 0.1) is 0 Å². The van der Waals surface area contributed by atoms with E-state index in [-0.39, 0.29) is 0 Å². The van der Waals surface area contributed by atoms with E-state index in [1.54, 1.807) is 10.5 Å². The summed E-state index contributed by atoms with van der Waals surface area (Å²) in [4.78, 5) is 1.64. The van der Waals surface area contributed by atoms with Gasteiger partial charge in [-0.05, 0) is 36.3 Å². The Morgan fingerprint density at radius 1 is 1.40 bits per heavy atom. The fourth-order valence-electron chi connectivity index (χ4n) is 1.43. The quantitative estimate of drug-likeness (QED) is 0.560. The Balaban J connectivity index is 2.68. The lowest BCUT2D eigenvalue weighted by Crippen LogP contribution is -2.00. The molecular formula is C9H16S. The second-order valence-corrected chi connectivity index (χ2v) is 4.39. The van der Waals surface area contributed by atoms with Crippen molar-refractivity contribution in [3.63, 3.8) is 0 Å². The molecule has 10 heavy (non-hydrogen) atoms. The summed E-state index contributed by atoms with van der Waals surface area (Å²) in [5.41, 5.74) is 1.63. The highest BCUT2D eigenvalue weighted by molar-refractivity contribution is 8.03. The van der Waals surface area contributed by atoms with Crippen LogP contribution in [-0.2, 0) is 0 Å². The zero-order chi connectivity index (χ0) is 7.56. The van der Waals surface area contributed by atoms with Crippen molar-refractivity contribution in [2.24, 2.45) is 5.92 Å². The Bertz CT molecular complexity index is 145. The molecule has 0 spiro atoms. The average Bonchev–Trinajstić information content (AvgIpc) is 1.88. The van der Waals surface area contributed by atoms with Gasteiger partial charge in [-0.25, -0.2) is 0 Å². The van der Waals surface area contributed by atoms with Crippen LogP contribution < -0.4 is 0 Å². The first-order valence-electron chi connectivity index (χ1n) is 4.04. The van der Waals surface area contributed by atoms with Crippen molar-refractivity contribution in [1.82, 2.24) is 0 Å². The molecule has 1 heterocycles. The summed E-state index contributed by atoms with van der Waals surface area (Å²) in [6.45, 7) is 6.86. The Morgan fingerprint density at radius 2 is 2.10 bits per heavy atom. The number of hydrogen-bond acceptors (Lipinski definition) is 1. The predicted molar refractivity (Wildman–Crippen MR) is 49.2 cm³/mol. The van der Waals surface area contributed by atoms with Gasteiger partial charge >= 0.3 is 0 Å². The maximum absolute atomic E-state index is 2.29. The maximum atomic E-state index is 2.29. The van der Waals surface area contributed by atoms with Crippen LogP contribution in [0.1, 0.15) is 33.6 Å². The molecule has 0 aromatic rings. The van der Waals surface area contributed by atoms with Crippen LogP contribution in [0.2, 0.25) is 0 Å². The highest BCUT2D eigenvalue weighted by atomic mass is 32.2. The van der Waals surface area contributed by atoms with E-state index in [2.05, 4.69) is 32.5 Å². The third-order valence-electron chi connectivity index (χ3n) is 1.90. The summed E-state index contributed by atoms with van der Waals surface area (Å²) >= 11 is 2.06. The maximum Gasteiger partial charge on any atom is -0.00201 e. The molecule has 1 heteroatoms. The van der Waals surface area contributed by atoms with E-state index in [1.807, 2.05) is 0 Å². The molecule has 1 rings (SSSR count). The van der Waals surface area contributed by atoms with Gasteiger partial charge in [0, 0.05) is 0 Å². The molecule has 0 aromatic carbocycles. The molecule has 0 unspecified atom stereocenters. The van der Waals surface area contributed by atoms with Crippen molar-refractivity contribution < 1.29 is 0 Å². The fourth-order valence-corrected chi connectivity index (χ4v) is 2.62. The summed E-state index contributed by atoms with van der Waals surface area (Å²) in [6.07, 6.45) is 2.72. The molecule has 0 aromatic heterocycles. The number of rotatable bonds is 1. The van der Waals surface area contributed by atoms with E-state index >= 15 is 0 Å². The van der Waals surface area contributed by atoms with E-state index in [4.69, 9.17) is 0 Å². The molecule has 0 saturated carbocycles. The average molecular weight is 156 g/mol. The minimum absolute atomic E-state index is 0.755. The summed E-state index contributed by atoms with van der Waals surface area (Å²) in [5.74, 6) is 2.09. The summed E-state index contributed by atoms with van der Waals surface area (Å²) in [7, 11) is 0. The lowest BCUT2D eigenvalue weighted by Gasteiger charge is -2.19. The second kappa shape index (κ2) is 3.47. The minimum Gasteiger partial charge on any atom is -0.130 e. The Kier molecular flexibility index (Phi) is 2.84. The van der Waals surface area contributed by atoms with Gasteiger partial charge in [-0.15, -0.1) is 11.8 Å². The SMILES string of the molecule is CC1=C(C(C)C)SCCC1. The zero-order valence-electron chi connectivity index (χ0n) is 7.11. The van der Waals surface area contributed by atoms with E-state index in [0.717, 1.165) is 5.92 Å². The van der Waals surface area contributed by atoms with Gasteiger partial charge in [0.25, 0.3) is 0 Å². The Hall–Kier alpha value is 0.0900. The lowest BCUT2D eigenvalue weighted by molar-refractivity contribution is 0.773. The van der Waals surface area contributed by atoms with Gasteiger partial charge in [-0.1, -0.05) is 19.4 Å². The molecular weight excluding hydrogens is 140 g/mol. The monoisotopic (exact) mass is 156 g/mol. The van der Waals surface area contributed by atoms with Crippen LogP contribution in [0, 0.1) is 5.92 Å². The van der Waals surface area contributed by atoms with Crippen LogP contribution >= 0.6 is 11.8 Å². The van der Waals surface area contributed by atoms with Crippen LogP contribution in [0.15, 0.2) is 10.5 Å². The molecule has 0 N–H and O–H groups in total. The first-order chi connectivity index (χ1) is 4.72. The van der Waals surface area contributed by atoms with Crippen LogP contribution in [0.25, 0.3) is 0 Å². The molecule has 0 saturated heterocycles. The van der Waals surface area contributed by atoms with Gasteiger partial charge in [0.2, 0.25) is 0 Å². The van der Waals surface area contributed by atoms with Crippen LogP contribution in [-0.4, -0.2) is 5.75 Å². The van der Waals surface area contributed by atoms with Gasteiger partial charge in [-0.3, -0.25) is 0 Å².